The fourth-order valence-electron chi connectivity index (χ4n) is 4.77. The van der Waals surface area contributed by atoms with Crippen LogP contribution in [0.25, 0.3) is 43.1 Å². The number of phenols is 1. The van der Waals surface area contributed by atoms with Crippen molar-refractivity contribution in [2.45, 2.75) is 112 Å². The summed E-state index contributed by atoms with van der Waals surface area (Å²) in [6.45, 7) is 24.8. The van der Waals surface area contributed by atoms with E-state index in [4.69, 9.17) is 9.11 Å². The van der Waals surface area contributed by atoms with Gasteiger partial charge in [0.25, 0.3) is 20.2 Å². The second kappa shape index (κ2) is 31.2. The molecule has 3 N–H and O–H groups in total. The van der Waals surface area contributed by atoms with Crippen LogP contribution in [0, 0.1) is 0 Å². The van der Waals surface area contributed by atoms with Crippen LogP contribution in [0.1, 0.15) is 102 Å². The van der Waals surface area contributed by atoms with Gasteiger partial charge >= 0.3 is 0 Å². The average Bonchev–Trinajstić information content (AvgIpc) is 3.23. The van der Waals surface area contributed by atoms with Crippen molar-refractivity contribution < 1.29 is 31.0 Å². The second-order valence-electron chi connectivity index (χ2n) is 11.7. The summed E-state index contributed by atoms with van der Waals surface area (Å²) in [6.07, 6.45) is 3.75. The summed E-state index contributed by atoms with van der Waals surface area (Å²) in [5, 5.41) is 16.5. The molecule has 0 amide bonds. The Bertz CT molecular complexity index is 2360. The highest BCUT2D eigenvalue weighted by Crippen LogP contribution is 2.28. The fraction of sp³-hybridized carbons (Fsp3) is 0.306. The van der Waals surface area contributed by atoms with Gasteiger partial charge in [-0.3, -0.25) is 9.11 Å². The molecule has 0 heterocycles. The van der Waals surface area contributed by atoms with Crippen LogP contribution in [0.5, 0.6) is 5.75 Å². The third kappa shape index (κ3) is 19.1. The van der Waals surface area contributed by atoms with Crippen molar-refractivity contribution in [2.75, 3.05) is 0 Å². The second-order valence-corrected chi connectivity index (χ2v) is 14.5. The zero-order valence-corrected chi connectivity index (χ0v) is 38.3. The molecule has 0 aromatic heterocycles. The number of phenolic OH excluding ortho intramolecular Hbond substituents is 1. The largest absolute Gasteiger partial charge is 0.507 e. The number of benzene rings is 7. The molecule has 0 unspecified atom stereocenters. The molecule has 7 aromatic carbocycles. The zero-order chi connectivity index (χ0) is 44.7. The molecule has 0 saturated carbocycles. The predicted octanol–water partition coefficient (Wildman–Crippen LogP) is 15.2. The smallest absolute Gasteiger partial charge is 0.295 e. The molecule has 318 valence electrons. The molecule has 0 atom stereocenters. The van der Waals surface area contributed by atoms with E-state index in [9.17, 15) is 21.9 Å². The maximum atomic E-state index is 11.2. The monoisotopic (exact) mass is 832 g/mol. The molecule has 58 heavy (non-hydrogen) atoms. The summed E-state index contributed by atoms with van der Waals surface area (Å²) in [5.74, 6) is 0.350. The van der Waals surface area contributed by atoms with Crippen LogP contribution >= 0.6 is 0 Å². The Morgan fingerprint density at radius 1 is 0.379 bits per heavy atom. The standard InChI is InChI=1S/C14H10O3S.C10H8O3S.C10H8O.3C3H8.3C2H6/c15-18(16,17)12-8-7-11-6-5-10-3-1-2-4-13(10)14(11)9-12;11-14(12,13)10-7-3-5-8-4-1-2-6-9(8)10;11-10-7-3-5-8-4-1-2-6-9(8)10;3*1-3-2;3*1-2/h1-9H,(H,15,16,17);1-7H,(H,11,12,13);1-7,11H;3*3H2,1-2H3;3*1-2H3. The highest BCUT2D eigenvalue weighted by molar-refractivity contribution is 7.86. The van der Waals surface area contributed by atoms with Crippen molar-refractivity contribution in [3.8, 4) is 5.75 Å². The first-order valence-corrected chi connectivity index (χ1v) is 23.2. The Morgan fingerprint density at radius 3 is 1.14 bits per heavy atom. The van der Waals surface area contributed by atoms with Gasteiger partial charge in [0.15, 0.2) is 0 Å². The summed E-state index contributed by atoms with van der Waals surface area (Å²) < 4.78 is 62.4. The molecular formula is C49H68O7S2. The van der Waals surface area contributed by atoms with Crippen molar-refractivity contribution in [1.29, 1.82) is 0 Å². The Morgan fingerprint density at radius 2 is 0.707 bits per heavy atom. The molecular weight excluding hydrogens is 765 g/mol. The maximum absolute atomic E-state index is 11.2. The lowest BCUT2D eigenvalue weighted by molar-refractivity contribution is 0.481. The molecule has 0 fully saturated rings. The number of hydrogen-bond donors (Lipinski definition) is 3. The zero-order valence-electron chi connectivity index (χ0n) is 36.7. The minimum absolute atomic E-state index is 0.0457. The number of fused-ring (bicyclic) bond motifs is 5. The molecule has 0 aliphatic carbocycles. The molecule has 0 radical (unpaired) electrons. The van der Waals surface area contributed by atoms with E-state index in [2.05, 4.69) is 41.5 Å². The minimum Gasteiger partial charge on any atom is -0.507 e. The normalized spacial score (nSPS) is 9.76. The van der Waals surface area contributed by atoms with Crippen molar-refractivity contribution in [3.63, 3.8) is 0 Å². The van der Waals surface area contributed by atoms with Gasteiger partial charge in [-0.2, -0.15) is 16.8 Å². The quantitative estimate of drug-likeness (QED) is 0.117. The highest BCUT2D eigenvalue weighted by atomic mass is 32.2. The summed E-state index contributed by atoms with van der Waals surface area (Å²) >= 11 is 0. The summed E-state index contributed by atoms with van der Waals surface area (Å²) in [6, 6.07) is 41.4. The molecule has 9 heteroatoms. The summed E-state index contributed by atoms with van der Waals surface area (Å²) in [5.41, 5.74) is 0. The van der Waals surface area contributed by atoms with E-state index >= 15 is 0 Å². The SMILES string of the molecule is CC.CC.CC.CCC.CCC.CCC.O=S(=O)(O)c1ccc2ccc3ccccc3c2c1.O=S(=O)(O)c1cccc2ccccc12.Oc1cccc2ccccc12. The van der Waals surface area contributed by atoms with E-state index < -0.39 is 20.2 Å². The van der Waals surface area contributed by atoms with Crippen molar-refractivity contribution >= 4 is 63.3 Å². The summed E-state index contributed by atoms with van der Waals surface area (Å²) in [7, 11) is -8.29. The van der Waals surface area contributed by atoms with E-state index in [0.29, 0.717) is 11.1 Å². The van der Waals surface area contributed by atoms with Crippen LogP contribution in [0.2, 0.25) is 0 Å². The van der Waals surface area contributed by atoms with Crippen LogP contribution < -0.4 is 0 Å². The van der Waals surface area contributed by atoms with Gasteiger partial charge in [0.2, 0.25) is 0 Å². The van der Waals surface area contributed by atoms with Crippen molar-refractivity contribution in [1.82, 2.24) is 0 Å². The van der Waals surface area contributed by atoms with Crippen molar-refractivity contribution in [2.24, 2.45) is 0 Å². The Kier molecular flexibility index (Phi) is 29.8. The molecule has 0 aliphatic heterocycles. The molecule has 7 nitrogen and oxygen atoms in total. The number of hydrogen-bond acceptors (Lipinski definition) is 5. The topological polar surface area (TPSA) is 129 Å². The van der Waals surface area contributed by atoms with Crippen molar-refractivity contribution in [3.05, 3.63) is 140 Å². The minimum atomic E-state index is -4.16. The predicted molar refractivity (Wildman–Crippen MR) is 253 cm³/mol. The fourth-order valence-corrected chi connectivity index (χ4v) is 5.99. The van der Waals surface area contributed by atoms with Gasteiger partial charge in [0.1, 0.15) is 10.6 Å². The molecule has 0 spiro atoms. The lowest BCUT2D eigenvalue weighted by Gasteiger charge is -2.05. The van der Waals surface area contributed by atoms with Crippen LogP contribution in [0.3, 0.4) is 0 Å². The maximum Gasteiger partial charge on any atom is 0.295 e. The summed E-state index contributed by atoms with van der Waals surface area (Å²) in [4.78, 5) is -0.123. The van der Waals surface area contributed by atoms with E-state index in [1.807, 2.05) is 120 Å². The molecule has 0 saturated heterocycles. The van der Waals surface area contributed by atoms with Gasteiger partial charge in [-0.15, -0.1) is 0 Å². The molecule has 0 aliphatic rings. The van der Waals surface area contributed by atoms with Gasteiger partial charge in [-0.05, 0) is 56.6 Å². The van der Waals surface area contributed by atoms with E-state index in [0.717, 1.165) is 37.7 Å². The Balaban J connectivity index is 0. The van der Waals surface area contributed by atoms with Crippen LogP contribution in [-0.2, 0) is 20.2 Å². The van der Waals surface area contributed by atoms with E-state index in [-0.39, 0.29) is 9.79 Å². The molecule has 7 aromatic rings. The average molecular weight is 833 g/mol. The lowest BCUT2D eigenvalue weighted by atomic mass is 10.0. The van der Waals surface area contributed by atoms with Gasteiger partial charge in [0, 0.05) is 10.8 Å². The first-order valence-electron chi connectivity index (χ1n) is 20.3. The van der Waals surface area contributed by atoms with Crippen LogP contribution in [0.15, 0.2) is 149 Å². The number of rotatable bonds is 2. The Labute approximate surface area is 350 Å². The first-order chi connectivity index (χ1) is 27.8. The first kappa shape index (κ1) is 55.3. The van der Waals surface area contributed by atoms with Crippen LogP contribution in [0.4, 0.5) is 0 Å². The van der Waals surface area contributed by atoms with E-state index in [1.165, 1.54) is 37.5 Å². The molecule has 7 rings (SSSR count). The van der Waals surface area contributed by atoms with Gasteiger partial charge in [-0.1, -0.05) is 218 Å². The van der Waals surface area contributed by atoms with E-state index in [1.54, 1.807) is 42.5 Å². The number of aromatic hydroxyl groups is 1. The van der Waals surface area contributed by atoms with Gasteiger partial charge < -0.3 is 5.11 Å². The third-order valence-corrected chi connectivity index (χ3v) is 8.57. The van der Waals surface area contributed by atoms with Crippen LogP contribution in [-0.4, -0.2) is 31.0 Å². The third-order valence-electron chi connectivity index (χ3n) is 6.81. The highest BCUT2D eigenvalue weighted by Gasteiger charge is 2.13. The lowest BCUT2D eigenvalue weighted by Crippen LogP contribution is -1.98. The Hall–Kier alpha value is -4.80. The van der Waals surface area contributed by atoms with Gasteiger partial charge in [0.05, 0.1) is 4.90 Å². The molecule has 0 bridgehead atoms. The van der Waals surface area contributed by atoms with Gasteiger partial charge in [-0.25, -0.2) is 0 Å².